The second-order valence-electron chi connectivity index (χ2n) is 5.13. The van der Waals surface area contributed by atoms with Gasteiger partial charge in [0.15, 0.2) is 0 Å². The van der Waals surface area contributed by atoms with Crippen molar-refractivity contribution in [2.45, 2.75) is 26.9 Å². The van der Waals surface area contributed by atoms with Crippen molar-refractivity contribution in [3.05, 3.63) is 64.7 Å². The summed E-state index contributed by atoms with van der Waals surface area (Å²) in [6.07, 6.45) is -0.484. The average molecular weight is 255 g/mol. The number of anilines is 1. The molecule has 0 amide bonds. The Morgan fingerprint density at radius 1 is 1.00 bits per heavy atom. The van der Waals surface area contributed by atoms with Crippen LogP contribution in [-0.2, 0) is 0 Å². The predicted octanol–water partition coefficient (Wildman–Crippen LogP) is 3.76. The molecule has 0 heterocycles. The lowest BCUT2D eigenvalue weighted by atomic mass is 10.0. The van der Waals surface area contributed by atoms with E-state index in [-0.39, 0.29) is 0 Å². The van der Waals surface area contributed by atoms with Gasteiger partial charge in [0.1, 0.15) is 0 Å². The zero-order chi connectivity index (χ0) is 13.8. The number of hydrogen-bond donors (Lipinski definition) is 2. The van der Waals surface area contributed by atoms with Crippen LogP contribution in [0.4, 0.5) is 5.69 Å². The number of aliphatic hydroxyl groups excluding tert-OH is 1. The van der Waals surface area contributed by atoms with E-state index >= 15 is 0 Å². The fraction of sp³-hybridized carbons (Fsp3) is 0.294. The minimum absolute atomic E-state index is 0.484. The highest BCUT2D eigenvalue weighted by Crippen LogP contribution is 2.19. The molecule has 19 heavy (non-hydrogen) atoms. The van der Waals surface area contributed by atoms with Crippen molar-refractivity contribution in [2.24, 2.45) is 0 Å². The number of aliphatic hydroxyl groups is 1. The summed E-state index contributed by atoms with van der Waals surface area (Å²) in [4.78, 5) is 0. The molecule has 0 aromatic heterocycles. The maximum absolute atomic E-state index is 10.2. The Morgan fingerprint density at radius 2 is 1.63 bits per heavy atom. The first-order chi connectivity index (χ1) is 9.06. The van der Waals surface area contributed by atoms with Gasteiger partial charge in [-0.2, -0.15) is 0 Å². The second kappa shape index (κ2) is 5.89. The molecule has 100 valence electrons. The van der Waals surface area contributed by atoms with Crippen LogP contribution in [0.2, 0.25) is 0 Å². The highest BCUT2D eigenvalue weighted by atomic mass is 16.3. The van der Waals surface area contributed by atoms with Crippen LogP contribution in [0.5, 0.6) is 0 Å². The van der Waals surface area contributed by atoms with Gasteiger partial charge in [-0.3, -0.25) is 0 Å². The molecule has 2 N–H and O–H groups in total. The van der Waals surface area contributed by atoms with Gasteiger partial charge in [0, 0.05) is 12.2 Å². The normalized spacial score (nSPS) is 12.2. The molecule has 0 spiro atoms. The maximum Gasteiger partial charge on any atom is 0.0964 e. The molecule has 0 fully saturated rings. The topological polar surface area (TPSA) is 32.3 Å². The molecule has 0 aliphatic heterocycles. The largest absolute Gasteiger partial charge is 0.387 e. The summed E-state index contributed by atoms with van der Waals surface area (Å²) in [5.41, 5.74) is 5.63. The number of aryl methyl sites for hydroxylation is 3. The van der Waals surface area contributed by atoms with Crippen molar-refractivity contribution in [3.8, 4) is 0 Å². The predicted molar refractivity (Wildman–Crippen MR) is 80.5 cm³/mol. The van der Waals surface area contributed by atoms with Gasteiger partial charge in [-0.25, -0.2) is 0 Å². The first-order valence-corrected chi connectivity index (χ1v) is 6.62. The molecule has 2 aromatic carbocycles. The molecule has 0 bridgehead atoms. The van der Waals surface area contributed by atoms with Gasteiger partial charge in [0.25, 0.3) is 0 Å². The van der Waals surface area contributed by atoms with Gasteiger partial charge in [-0.1, -0.05) is 30.3 Å². The van der Waals surface area contributed by atoms with Crippen LogP contribution < -0.4 is 5.32 Å². The van der Waals surface area contributed by atoms with E-state index in [1.165, 1.54) is 11.1 Å². The standard InChI is InChI=1S/C17H21NO/c1-12-8-13(2)10-15(9-12)18-11-17(19)16-7-5-4-6-14(16)3/h4-10,17-19H,11H2,1-3H3. The Labute approximate surface area is 115 Å². The van der Waals surface area contributed by atoms with E-state index in [9.17, 15) is 5.11 Å². The summed E-state index contributed by atoms with van der Waals surface area (Å²) in [7, 11) is 0. The Kier molecular flexibility index (Phi) is 4.23. The minimum atomic E-state index is -0.484. The van der Waals surface area contributed by atoms with Gasteiger partial charge in [0.05, 0.1) is 6.10 Å². The summed E-state index contributed by atoms with van der Waals surface area (Å²) in [5, 5.41) is 13.5. The van der Waals surface area contributed by atoms with Crippen molar-refractivity contribution >= 4 is 5.69 Å². The van der Waals surface area contributed by atoms with Crippen LogP contribution >= 0.6 is 0 Å². The molecule has 2 rings (SSSR count). The first-order valence-electron chi connectivity index (χ1n) is 6.62. The van der Waals surface area contributed by atoms with E-state index in [2.05, 4.69) is 37.4 Å². The summed E-state index contributed by atoms with van der Waals surface area (Å²) < 4.78 is 0. The van der Waals surface area contributed by atoms with Gasteiger partial charge >= 0.3 is 0 Å². The third-order valence-corrected chi connectivity index (χ3v) is 3.27. The van der Waals surface area contributed by atoms with Crippen molar-refractivity contribution in [3.63, 3.8) is 0 Å². The summed E-state index contributed by atoms with van der Waals surface area (Å²) in [6, 6.07) is 14.3. The van der Waals surface area contributed by atoms with Crippen LogP contribution in [0.1, 0.15) is 28.4 Å². The average Bonchev–Trinajstić information content (AvgIpc) is 2.35. The molecule has 2 nitrogen and oxygen atoms in total. The summed E-state index contributed by atoms with van der Waals surface area (Å²) >= 11 is 0. The molecule has 2 aromatic rings. The maximum atomic E-state index is 10.2. The molecule has 0 aliphatic carbocycles. The van der Waals surface area contributed by atoms with Crippen LogP contribution in [0.15, 0.2) is 42.5 Å². The zero-order valence-electron chi connectivity index (χ0n) is 11.8. The molecule has 2 heteroatoms. The summed E-state index contributed by atoms with van der Waals surface area (Å²) in [5.74, 6) is 0. The Bertz CT molecular complexity index is 543. The highest BCUT2D eigenvalue weighted by molar-refractivity contribution is 5.48. The van der Waals surface area contributed by atoms with Gasteiger partial charge < -0.3 is 10.4 Å². The summed E-state index contributed by atoms with van der Waals surface area (Å²) in [6.45, 7) is 6.70. The third-order valence-electron chi connectivity index (χ3n) is 3.27. The molecular weight excluding hydrogens is 234 g/mol. The van der Waals surface area contributed by atoms with E-state index in [1.807, 2.05) is 31.2 Å². The van der Waals surface area contributed by atoms with Gasteiger partial charge in [0.2, 0.25) is 0 Å². The molecule has 1 atom stereocenters. The Hall–Kier alpha value is -1.80. The monoisotopic (exact) mass is 255 g/mol. The van der Waals surface area contributed by atoms with Crippen molar-refractivity contribution in [1.82, 2.24) is 0 Å². The van der Waals surface area contributed by atoms with Gasteiger partial charge in [-0.05, 0) is 55.2 Å². The fourth-order valence-corrected chi connectivity index (χ4v) is 2.36. The van der Waals surface area contributed by atoms with Crippen LogP contribution in [0.3, 0.4) is 0 Å². The van der Waals surface area contributed by atoms with E-state index in [4.69, 9.17) is 0 Å². The molecular formula is C17H21NO. The molecule has 0 saturated heterocycles. The van der Waals surface area contributed by atoms with Crippen LogP contribution in [0, 0.1) is 20.8 Å². The van der Waals surface area contributed by atoms with Crippen molar-refractivity contribution in [2.75, 3.05) is 11.9 Å². The third kappa shape index (κ3) is 3.58. The zero-order valence-corrected chi connectivity index (χ0v) is 11.8. The van der Waals surface area contributed by atoms with Crippen molar-refractivity contribution < 1.29 is 5.11 Å². The van der Waals surface area contributed by atoms with E-state index < -0.39 is 6.10 Å². The van der Waals surface area contributed by atoms with E-state index in [0.29, 0.717) is 6.54 Å². The Balaban J connectivity index is 2.04. The van der Waals surface area contributed by atoms with Crippen LogP contribution in [0.25, 0.3) is 0 Å². The highest BCUT2D eigenvalue weighted by Gasteiger charge is 2.09. The fourth-order valence-electron chi connectivity index (χ4n) is 2.36. The van der Waals surface area contributed by atoms with E-state index in [1.54, 1.807) is 0 Å². The van der Waals surface area contributed by atoms with Crippen molar-refractivity contribution in [1.29, 1.82) is 0 Å². The number of benzene rings is 2. The number of hydrogen-bond acceptors (Lipinski definition) is 2. The van der Waals surface area contributed by atoms with Gasteiger partial charge in [-0.15, -0.1) is 0 Å². The SMILES string of the molecule is Cc1cc(C)cc(NCC(O)c2ccccc2C)c1. The lowest BCUT2D eigenvalue weighted by Gasteiger charge is -2.16. The van der Waals surface area contributed by atoms with Crippen LogP contribution in [-0.4, -0.2) is 11.7 Å². The molecule has 0 radical (unpaired) electrons. The first kappa shape index (κ1) is 13.6. The lowest BCUT2D eigenvalue weighted by molar-refractivity contribution is 0.191. The quantitative estimate of drug-likeness (QED) is 0.872. The van der Waals surface area contributed by atoms with E-state index in [0.717, 1.165) is 16.8 Å². The molecule has 0 aliphatic rings. The molecule has 1 unspecified atom stereocenters. The molecule has 0 saturated carbocycles. The smallest absolute Gasteiger partial charge is 0.0964 e. The number of nitrogens with one attached hydrogen (secondary N) is 1. The minimum Gasteiger partial charge on any atom is -0.387 e. The lowest BCUT2D eigenvalue weighted by Crippen LogP contribution is -2.13. The second-order valence-corrected chi connectivity index (χ2v) is 5.13. The number of rotatable bonds is 4. The Morgan fingerprint density at radius 3 is 2.26 bits per heavy atom.